The van der Waals surface area contributed by atoms with Crippen LogP contribution in [0.5, 0.6) is 0 Å². The van der Waals surface area contributed by atoms with Gasteiger partial charge in [0.25, 0.3) is 0 Å². The molecule has 0 aliphatic heterocycles. The fourth-order valence-corrected chi connectivity index (χ4v) is 1.94. The summed E-state index contributed by atoms with van der Waals surface area (Å²) in [6, 6.07) is 0. The maximum atomic E-state index is 11.8. The summed E-state index contributed by atoms with van der Waals surface area (Å²) in [6.45, 7) is 1.39. The van der Waals surface area contributed by atoms with Crippen LogP contribution in [0.4, 0.5) is 5.13 Å². The van der Waals surface area contributed by atoms with Gasteiger partial charge in [-0.05, 0) is 0 Å². The lowest BCUT2D eigenvalue weighted by Crippen LogP contribution is -2.36. The number of nitrogens with one attached hydrogen (secondary N) is 1. The van der Waals surface area contributed by atoms with E-state index in [1.54, 1.807) is 23.6 Å². The number of amides is 1. The minimum absolute atomic E-state index is 0.00571. The summed E-state index contributed by atoms with van der Waals surface area (Å²) >= 11 is 1.33. The Morgan fingerprint density at radius 3 is 2.89 bits per heavy atom. The van der Waals surface area contributed by atoms with Crippen LogP contribution in [-0.4, -0.2) is 60.2 Å². The Morgan fingerprint density at radius 2 is 2.32 bits per heavy atom. The first-order chi connectivity index (χ1) is 9.11. The van der Waals surface area contributed by atoms with Crippen molar-refractivity contribution in [3.05, 3.63) is 11.6 Å². The molecule has 1 rings (SSSR count). The number of aliphatic carboxylic acids is 1. The van der Waals surface area contributed by atoms with Gasteiger partial charge in [-0.25, -0.2) is 4.98 Å². The van der Waals surface area contributed by atoms with E-state index in [1.807, 2.05) is 0 Å². The zero-order valence-corrected chi connectivity index (χ0v) is 11.5. The van der Waals surface area contributed by atoms with Crippen LogP contribution in [0.15, 0.2) is 11.6 Å². The average Bonchev–Trinajstić information content (AvgIpc) is 2.85. The molecule has 0 saturated carbocycles. The number of methoxy groups -OCH3 is 1. The smallest absolute Gasteiger partial charge is 0.304 e. The number of hydrogen-bond acceptors (Lipinski definition) is 6. The molecule has 0 fully saturated rings. The van der Waals surface area contributed by atoms with E-state index in [0.29, 0.717) is 24.8 Å². The second-order valence-electron chi connectivity index (χ2n) is 3.80. The molecule has 8 heteroatoms. The lowest BCUT2D eigenvalue weighted by atomic mass is 10.3. The van der Waals surface area contributed by atoms with Gasteiger partial charge in [-0.15, -0.1) is 11.3 Å². The molecule has 0 aliphatic carbocycles. The molecule has 19 heavy (non-hydrogen) atoms. The molecule has 0 aromatic carbocycles. The first kappa shape index (κ1) is 15.5. The van der Waals surface area contributed by atoms with E-state index in [1.165, 1.54) is 11.3 Å². The summed E-state index contributed by atoms with van der Waals surface area (Å²) in [5.41, 5.74) is 0. The van der Waals surface area contributed by atoms with E-state index in [0.717, 1.165) is 0 Å². The number of anilines is 1. The van der Waals surface area contributed by atoms with Crippen LogP contribution in [-0.2, 0) is 14.3 Å². The van der Waals surface area contributed by atoms with Gasteiger partial charge in [0.15, 0.2) is 5.13 Å². The highest BCUT2D eigenvalue weighted by atomic mass is 32.1. The van der Waals surface area contributed by atoms with Crippen molar-refractivity contribution in [3.63, 3.8) is 0 Å². The van der Waals surface area contributed by atoms with Gasteiger partial charge in [0.05, 0.1) is 19.6 Å². The molecule has 0 bridgehead atoms. The number of nitrogens with zero attached hydrogens (tertiary/aromatic N) is 2. The van der Waals surface area contributed by atoms with Crippen LogP contribution in [0.25, 0.3) is 0 Å². The van der Waals surface area contributed by atoms with Crippen molar-refractivity contribution in [2.45, 2.75) is 6.42 Å². The predicted octanol–water partition coefficient (Wildman–Crippen LogP) is 0.505. The Bertz CT molecular complexity index is 397. The third-order valence-corrected chi connectivity index (χ3v) is 2.99. The number of rotatable bonds is 9. The molecule has 106 valence electrons. The Morgan fingerprint density at radius 1 is 1.53 bits per heavy atom. The lowest BCUT2D eigenvalue weighted by molar-refractivity contribution is -0.137. The van der Waals surface area contributed by atoms with Crippen LogP contribution in [0.1, 0.15) is 6.42 Å². The Labute approximate surface area is 115 Å². The molecule has 0 aliphatic rings. The highest BCUT2D eigenvalue weighted by molar-refractivity contribution is 7.13. The molecule has 1 amide bonds. The summed E-state index contributed by atoms with van der Waals surface area (Å²) in [6.07, 6.45) is 1.60. The van der Waals surface area contributed by atoms with Crippen molar-refractivity contribution in [2.24, 2.45) is 0 Å². The Kier molecular flexibility index (Phi) is 7.01. The van der Waals surface area contributed by atoms with Crippen molar-refractivity contribution in [1.29, 1.82) is 0 Å². The molecule has 0 spiro atoms. The van der Waals surface area contributed by atoms with E-state index in [4.69, 9.17) is 9.84 Å². The van der Waals surface area contributed by atoms with Crippen molar-refractivity contribution in [1.82, 2.24) is 9.88 Å². The van der Waals surface area contributed by atoms with Gasteiger partial charge in [-0.1, -0.05) is 0 Å². The molecule has 1 heterocycles. The summed E-state index contributed by atoms with van der Waals surface area (Å²) in [7, 11) is 1.56. The molecule has 0 radical (unpaired) electrons. The molecule has 0 saturated heterocycles. The van der Waals surface area contributed by atoms with Gasteiger partial charge in [0.1, 0.15) is 0 Å². The highest BCUT2D eigenvalue weighted by Gasteiger charge is 2.13. The summed E-state index contributed by atoms with van der Waals surface area (Å²) in [4.78, 5) is 28.0. The third-order valence-electron chi connectivity index (χ3n) is 2.30. The number of carbonyl (C=O) groups is 2. The topological polar surface area (TPSA) is 91.8 Å². The fraction of sp³-hybridized carbons (Fsp3) is 0.545. The second-order valence-corrected chi connectivity index (χ2v) is 4.69. The van der Waals surface area contributed by atoms with E-state index in [9.17, 15) is 9.59 Å². The van der Waals surface area contributed by atoms with Gasteiger partial charge < -0.3 is 15.2 Å². The van der Waals surface area contributed by atoms with Crippen LogP contribution in [0, 0.1) is 0 Å². The number of ether oxygens (including phenoxy) is 1. The third kappa shape index (κ3) is 6.85. The average molecular weight is 287 g/mol. The zero-order chi connectivity index (χ0) is 14.1. The largest absolute Gasteiger partial charge is 0.481 e. The highest BCUT2D eigenvalue weighted by Crippen LogP contribution is 2.09. The van der Waals surface area contributed by atoms with Gasteiger partial charge >= 0.3 is 5.97 Å². The quantitative estimate of drug-likeness (QED) is 0.687. The number of carboxylic acid groups (broad SMARTS) is 1. The molecule has 0 unspecified atom stereocenters. The number of hydrogen-bond donors (Lipinski definition) is 2. The molecule has 0 atom stereocenters. The first-order valence-electron chi connectivity index (χ1n) is 5.74. The summed E-state index contributed by atoms with van der Waals surface area (Å²) in [5.74, 6) is -1.10. The predicted molar refractivity (Wildman–Crippen MR) is 71.3 cm³/mol. The normalized spacial score (nSPS) is 10.6. The number of aromatic nitrogens is 1. The summed E-state index contributed by atoms with van der Waals surface area (Å²) < 4.78 is 4.94. The molecular formula is C11H17N3O4S. The molecule has 7 nitrogen and oxygen atoms in total. The minimum Gasteiger partial charge on any atom is -0.481 e. The Balaban J connectivity index is 2.40. The van der Waals surface area contributed by atoms with Crippen LogP contribution < -0.4 is 5.32 Å². The van der Waals surface area contributed by atoms with Crippen molar-refractivity contribution >= 4 is 28.3 Å². The van der Waals surface area contributed by atoms with E-state index < -0.39 is 5.97 Å². The lowest BCUT2D eigenvalue weighted by Gasteiger charge is -2.20. The summed E-state index contributed by atoms with van der Waals surface area (Å²) in [5, 5.41) is 13.6. The second kappa shape index (κ2) is 8.57. The monoisotopic (exact) mass is 287 g/mol. The van der Waals surface area contributed by atoms with E-state index in [-0.39, 0.29) is 18.9 Å². The maximum absolute atomic E-state index is 11.8. The van der Waals surface area contributed by atoms with E-state index in [2.05, 4.69) is 10.3 Å². The number of carboxylic acids is 1. The standard InChI is InChI=1S/C11H17N3O4S/c1-18-6-5-14(4-2-10(16)17)8-9(15)13-11-12-3-7-19-11/h3,7H,2,4-6,8H2,1H3,(H,16,17)(H,12,13,15). The maximum Gasteiger partial charge on any atom is 0.304 e. The van der Waals surface area contributed by atoms with Crippen LogP contribution >= 0.6 is 11.3 Å². The molecular weight excluding hydrogens is 270 g/mol. The van der Waals surface area contributed by atoms with Gasteiger partial charge in [0.2, 0.25) is 5.91 Å². The molecule has 2 N–H and O–H groups in total. The number of carbonyl (C=O) groups excluding carboxylic acids is 1. The van der Waals surface area contributed by atoms with Gasteiger partial charge in [-0.3, -0.25) is 14.5 Å². The molecule has 1 aromatic heterocycles. The SMILES string of the molecule is COCCN(CCC(=O)O)CC(=O)Nc1nccs1. The minimum atomic E-state index is -0.886. The van der Waals surface area contributed by atoms with Crippen molar-refractivity contribution in [3.8, 4) is 0 Å². The van der Waals surface area contributed by atoms with Crippen LogP contribution in [0.2, 0.25) is 0 Å². The first-order valence-corrected chi connectivity index (χ1v) is 6.62. The van der Waals surface area contributed by atoms with Crippen molar-refractivity contribution in [2.75, 3.05) is 38.7 Å². The van der Waals surface area contributed by atoms with E-state index >= 15 is 0 Å². The zero-order valence-electron chi connectivity index (χ0n) is 10.7. The van der Waals surface area contributed by atoms with Crippen LogP contribution in [0.3, 0.4) is 0 Å². The molecule has 1 aromatic rings. The number of thiazole rings is 1. The Hall–Kier alpha value is -1.51. The fourth-order valence-electron chi connectivity index (χ4n) is 1.39. The van der Waals surface area contributed by atoms with Gasteiger partial charge in [0, 0.05) is 31.8 Å². The van der Waals surface area contributed by atoms with Crippen molar-refractivity contribution < 1.29 is 19.4 Å². The van der Waals surface area contributed by atoms with Gasteiger partial charge in [-0.2, -0.15) is 0 Å².